The van der Waals surface area contributed by atoms with E-state index >= 15 is 0 Å². The van der Waals surface area contributed by atoms with Crippen LogP contribution < -0.4 is 5.32 Å². The number of carbonyl (C=O) groups is 1. The number of para-hydroxylation sites is 1. The Labute approximate surface area is 145 Å². The summed E-state index contributed by atoms with van der Waals surface area (Å²) >= 11 is 0. The van der Waals surface area contributed by atoms with Gasteiger partial charge in [-0.2, -0.15) is 13.2 Å². The van der Waals surface area contributed by atoms with Crippen LogP contribution in [0.5, 0.6) is 0 Å². The van der Waals surface area contributed by atoms with E-state index in [1.54, 1.807) is 0 Å². The minimum absolute atomic E-state index is 0.321. The minimum atomic E-state index is -4.41. The Morgan fingerprint density at radius 1 is 1.20 bits per heavy atom. The number of halogens is 3. The topological polar surface area (TPSA) is 47.9 Å². The average molecular weight is 356 g/mol. The zero-order valence-corrected chi connectivity index (χ0v) is 14.2. The summed E-state index contributed by atoms with van der Waals surface area (Å²) in [4.78, 5) is 18.9. The third kappa shape index (κ3) is 6.64. The summed E-state index contributed by atoms with van der Waals surface area (Å²) < 4.78 is 37.2. The van der Waals surface area contributed by atoms with Gasteiger partial charge in [0.25, 0.3) is 0 Å². The number of piperidine rings is 1. The molecule has 0 spiro atoms. The van der Waals surface area contributed by atoms with Crippen molar-refractivity contribution in [2.75, 3.05) is 38.5 Å². The molecule has 0 aliphatic carbocycles. The Kier molecular flexibility index (Phi) is 6.66. The molecule has 5 nitrogen and oxygen atoms in total. The second-order valence-corrected chi connectivity index (χ2v) is 6.04. The van der Waals surface area contributed by atoms with Gasteiger partial charge in [0.2, 0.25) is 5.91 Å². The van der Waals surface area contributed by atoms with Crippen molar-refractivity contribution in [2.45, 2.75) is 25.4 Å². The van der Waals surface area contributed by atoms with Crippen molar-refractivity contribution in [1.82, 2.24) is 9.80 Å². The van der Waals surface area contributed by atoms with E-state index in [-0.39, 0.29) is 6.54 Å². The summed E-state index contributed by atoms with van der Waals surface area (Å²) in [5, 5.41) is 3.17. The maximum absolute atomic E-state index is 12.4. The number of aliphatic imine (C=N–C) groups is 1. The van der Waals surface area contributed by atoms with Crippen LogP contribution in [0.1, 0.15) is 19.3 Å². The molecule has 138 valence electrons. The zero-order valence-electron chi connectivity index (χ0n) is 14.2. The lowest BCUT2D eigenvalue weighted by molar-refractivity contribution is -0.157. The first-order chi connectivity index (χ1) is 11.8. The molecular formula is C17H23F3N4O. The standard InChI is InChI=1S/C17H23F3N4O/c1-23(13-17(18,19)20)15(25)12-21-16(24-10-6-3-7-11-24)22-14-8-4-2-5-9-14/h2,4-5,8-9H,3,6-7,10-13H2,1H3,(H,21,22). The first-order valence-electron chi connectivity index (χ1n) is 8.27. The summed E-state index contributed by atoms with van der Waals surface area (Å²) in [5.74, 6) is -0.138. The number of nitrogens with one attached hydrogen (secondary N) is 1. The smallest absolute Gasteiger partial charge is 0.343 e. The van der Waals surface area contributed by atoms with Crippen LogP contribution in [0.2, 0.25) is 0 Å². The van der Waals surface area contributed by atoms with Crippen molar-refractivity contribution in [3.05, 3.63) is 30.3 Å². The normalized spacial score (nSPS) is 15.8. The molecule has 2 rings (SSSR count). The molecule has 1 N–H and O–H groups in total. The highest BCUT2D eigenvalue weighted by Crippen LogP contribution is 2.16. The number of likely N-dealkylation sites (N-methyl/N-ethyl adjacent to an activating group) is 1. The van der Waals surface area contributed by atoms with Crippen molar-refractivity contribution < 1.29 is 18.0 Å². The molecule has 1 amide bonds. The van der Waals surface area contributed by atoms with Crippen molar-refractivity contribution in [1.29, 1.82) is 0 Å². The summed E-state index contributed by atoms with van der Waals surface area (Å²) in [6.07, 6.45) is -1.22. The number of rotatable bonds is 4. The zero-order chi connectivity index (χ0) is 18.3. The predicted octanol–water partition coefficient (Wildman–Crippen LogP) is 2.96. The average Bonchev–Trinajstić information content (AvgIpc) is 2.58. The molecule has 1 saturated heterocycles. The highest BCUT2D eigenvalue weighted by atomic mass is 19.4. The molecule has 1 aliphatic rings. The van der Waals surface area contributed by atoms with Crippen LogP contribution in [0, 0.1) is 0 Å². The lowest BCUT2D eigenvalue weighted by Crippen LogP contribution is -2.41. The lowest BCUT2D eigenvalue weighted by Gasteiger charge is -2.30. The molecule has 8 heteroatoms. The summed E-state index contributed by atoms with van der Waals surface area (Å²) in [5.41, 5.74) is 0.822. The van der Waals surface area contributed by atoms with E-state index in [0.29, 0.717) is 10.9 Å². The van der Waals surface area contributed by atoms with Crippen molar-refractivity contribution in [3.8, 4) is 0 Å². The van der Waals surface area contributed by atoms with Gasteiger partial charge in [0.15, 0.2) is 5.96 Å². The number of amides is 1. The van der Waals surface area contributed by atoms with Crippen LogP contribution in [0.25, 0.3) is 0 Å². The van der Waals surface area contributed by atoms with Gasteiger partial charge in [0.05, 0.1) is 0 Å². The Bertz CT molecular complexity index is 583. The Balaban J connectivity index is 2.05. The molecule has 1 aromatic rings. The molecule has 0 atom stereocenters. The maximum Gasteiger partial charge on any atom is 0.406 e. The molecule has 0 aromatic heterocycles. The molecule has 0 saturated carbocycles. The molecule has 1 aliphatic heterocycles. The van der Waals surface area contributed by atoms with Gasteiger partial charge in [-0.3, -0.25) is 4.79 Å². The summed E-state index contributed by atoms with van der Waals surface area (Å²) in [7, 11) is 1.14. The number of benzene rings is 1. The van der Waals surface area contributed by atoms with E-state index in [1.807, 2.05) is 35.2 Å². The van der Waals surface area contributed by atoms with E-state index < -0.39 is 18.6 Å². The fourth-order valence-electron chi connectivity index (χ4n) is 2.60. The van der Waals surface area contributed by atoms with Crippen LogP contribution in [0.3, 0.4) is 0 Å². The molecular weight excluding hydrogens is 333 g/mol. The van der Waals surface area contributed by atoms with Crippen LogP contribution in [0.4, 0.5) is 18.9 Å². The number of anilines is 1. The molecule has 0 radical (unpaired) electrons. The summed E-state index contributed by atoms with van der Waals surface area (Å²) in [6.45, 7) is 0.0290. The lowest BCUT2D eigenvalue weighted by atomic mass is 10.1. The number of hydrogen-bond donors (Lipinski definition) is 1. The third-order valence-electron chi connectivity index (χ3n) is 3.89. The van der Waals surface area contributed by atoms with E-state index in [1.165, 1.54) is 0 Å². The van der Waals surface area contributed by atoms with Gasteiger partial charge in [0, 0.05) is 25.8 Å². The van der Waals surface area contributed by atoms with Crippen molar-refractivity contribution in [3.63, 3.8) is 0 Å². The van der Waals surface area contributed by atoms with E-state index in [4.69, 9.17) is 0 Å². The first-order valence-corrected chi connectivity index (χ1v) is 8.27. The second-order valence-electron chi connectivity index (χ2n) is 6.04. The van der Waals surface area contributed by atoms with E-state index in [2.05, 4.69) is 10.3 Å². The Morgan fingerprint density at radius 3 is 2.44 bits per heavy atom. The fourth-order valence-corrected chi connectivity index (χ4v) is 2.60. The molecule has 1 heterocycles. The Morgan fingerprint density at radius 2 is 1.84 bits per heavy atom. The molecule has 1 aromatic carbocycles. The van der Waals surface area contributed by atoms with Crippen molar-refractivity contribution >= 4 is 17.6 Å². The van der Waals surface area contributed by atoms with Gasteiger partial charge < -0.3 is 15.1 Å². The van der Waals surface area contributed by atoms with Crippen molar-refractivity contribution in [2.24, 2.45) is 4.99 Å². The number of hydrogen-bond acceptors (Lipinski definition) is 2. The third-order valence-corrected chi connectivity index (χ3v) is 3.89. The quantitative estimate of drug-likeness (QED) is 0.667. The number of nitrogens with zero attached hydrogens (tertiary/aromatic N) is 3. The largest absolute Gasteiger partial charge is 0.406 e. The highest BCUT2D eigenvalue weighted by molar-refractivity contribution is 5.95. The monoisotopic (exact) mass is 356 g/mol. The minimum Gasteiger partial charge on any atom is -0.343 e. The number of alkyl halides is 3. The Hall–Kier alpha value is -2.25. The van der Waals surface area contributed by atoms with Crippen LogP contribution >= 0.6 is 0 Å². The maximum atomic E-state index is 12.4. The molecule has 1 fully saturated rings. The summed E-state index contributed by atoms with van der Waals surface area (Å²) in [6, 6.07) is 9.38. The fraction of sp³-hybridized carbons (Fsp3) is 0.529. The van der Waals surface area contributed by atoms with E-state index in [0.717, 1.165) is 45.1 Å². The molecule has 0 bridgehead atoms. The van der Waals surface area contributed by atoms with Crippen LogP contribution in [0.15, 0.2) is 35.3 Å². The second kappa shape index (κ2) is 8.73. The van der Waals surface area contributed by atoms with Gasteiger partial charge >= 0.3 is 6.18 Å². The van der Waals surface area contributed by atoms with E-state index in [9.17, 15) is 18.0 Å². The molecule has 0 unspecified atom stereocenters. The molecule has 25 heavy (non-hydrogen) atoms. The number of guanidine groups is 1. The van der Waals surface area contributed by atoms with Gasteiger partial charge in [0.1, 0.15) is 13.1 Å². The highest BCUT2D eigenvalue weighted by Gasteiger charge is 2.31. The van der Waals surface area contributed by atoms with Gasteiger partial charge in [-0.05, 0) is 31.4 Å². The van der Waals surface area contributed by atoms with Gasteiger partial charge in [-0.15, -0.1) is 0 Å². The predicted molar refractivity (Wildman–Crippen MR) is 91.5 cm³/mol. The first kappa shape index (κ1) is 19.1. The van der Waals surface area contributed by atoms with Crippen LogP contribution in [-0.4, -0.2) is 61.1 Å². The number of carbonyl (C=O) groups excluding carboxylic acids is 1. The number of likely N-dealkylation sites (tertiary alicyclic amines) is 1. The van der Waals surface area contributed by atoms with Gasteiger partial charge in [-0.25, -0.2) is 4.99 Å². The van der Waals surface area contributed by atoms with Gasteiger partial charge in [-0.1, -0.05) is 18.2 Å². The SMILES string of the molecule is CN(CC(F)(F)F)C(=O)CN=C(Nc1ccccc1)N1CCCCC1. The van der Waals surface area contributed by atoms with Crippen LogP contribution in [-0.2, 0) is 4.79 Å².